The van der Waals surface area contributed by atoms with E-state index in [0.29, 0.717) is 17.1 Å². The van der Waals surface area contributed by atoms with Crippen molar-refractivity contribution in [3.8, 4) is 0 Å². The van der Waals surface area contributed by atoms with E-state index in [4.69, 9.17) is 11.6 Å². The van der Waals surface area contributed by atoms with Crippen molar-refractivity contribution >= 4 is 17.5 Å². The Bertz CT molecular complexity index is 441. The summed E-state index contributed by atoms with van der Waals surface area (Å²) in [6.07, 6.45) is 7.96. The Hall–Kier alpha value is -0.910. The molecule has 110 valence electrons. The van der Waals surface area contributed by atoms with Gasteiger partial charge in [-0.05, 0) is 32.2 Å². The van der Waals surface area contributed by atoms with Crippen LogP contribution in [0.1, 0.15) is 25.7 Å². The Morgan fingerprint density at radius 2 is 1.85 bits per heavy atom. The average Bonchev–Trinajstić information content (AvgIpc) is 3.09. The molecule has 0 aromatic carbocycles. The van der Waals surface area contributed by atoms with Crippen LogP contribution in [0.5, 0.6) is 0 Å². The molecule has 2 atom stereocenters. The second-order valence-corrected chi connectivity index (χ2v) is 6.10. The lowest BCUT2D eigenvalue weighted by Crippen LogP contribution is -2.44. The summed E-state index contributed by atoms with van der Waals surface area (Å²) in [4.78, 5) is 13.4. The summed E-state index contributed by atoms with van der Waals surface area (Å²) in [6, 6.07) is 0.784. The molecule has 0 spiro atoms. The standard InChI is InChI=1S/C14H21ClN4O/c15-11-7-16-14(17-8-11)19-6-2-3-12(19)9-18-5-1-4-13(18)10-20/h7-8,12-13,20H,1-6,9-10H2/t12-,13+/m1/s1. The Morgan fingerprint density at radius 1 is 1.15 bits per heavy atom. The maximum atomic E-state index is 9.43. The first-order chi connectivity index (χ1) is 9.78. The maximum absolute atomic E-state index is 9.43. The molecule has 0 saturated carbocycles. The van der Waals surface area contributed by atoms with E-state index >= 15 is 0 Å². The molecule has 1 aromatic heterocycles. The summed E-state index contributed by atoms with van der Waals surface area (Å²) >= 11 is 5.85. The van der Waals surface area contributed by atoms with Crippen molar-refractivity contribution in [3.63, 3.8) is 0 Å². The normalized spacial score (nSPS) is 27.4. The van der Waals surface area contributed by atoms with Crippen molar-refractivity contribution in [1.82, 2.24) is 14.9 Å². The van der Waals surface area contributed by atoms with Crippen LogP contribution in [0.2, 0.25) is 5.02 Å². The second kappa shape index (κ2) is 6.24. The first-order valence-corrected chi connectivity index (χ1v) is 7.75. The fraction of sp³-hybridized carbons (Fsp3) is 0.714. The molecule has 1 aromatic rings. The van der Waals surface area contributed by atoms with E-state index in [1.54, 1.807) is 12.4 Å². The van der Waals surface area contributed by atoms with Crippen LogP contribution in [0.3, 0.4) is 0 Å². The van der Waals surface area contributed by atoms with Gasteiger partial charge in [-0.3, -0.25) is 4.90 Å². The molecule has 2 aliphatic rings. The zero-order valence-corrected chi connectivity index (χ0v) is 12.3. The molecular formula is C14H21ClN4O. The Kier molecular flexibility index (Phi) is 4.38. The highest BCUT2D eigenvalue weighted by Crippen LogP contribution is 2.26. The van der Waals surface area contributed by atoms with Gasteiger partial charge in [0.05, 0.1) is 24.0 Å². The van der Waals surface area contributed by atoms with Crippen molar-refractivity contribution in [2.45, 2.75) is 37.8 Å². The third kappa shape index (κ3) is 2.90. The lowest BCUT2D eigenvalue weighted by Gasteiger charge is -2.31. The summed E-state index contributed by atoms with van der Waals surface area (Å²) in [6.45, 7) is 3.36. The lowest BCUT2D eigenvalue weighted by atomic mass is 10.2. The molecule has 3 rings (SSSR count). The van der Waals surface area contributed by atoms with Gasteiger partial charge in [0.1, 0.15) is 0 Å². The minimum Gasteiger partial charge on any atom is -0.395 e. The third-order valence-corrected chi connectivity index (χ3v) is 4.59. The molecular weight excluding hydrogens is 276 g/mol. The number of rotatable bonds is 4. The first kappa shape index (κ1) is 14.0. The second-order valence-electron chi connectivity index (χ2n) is 5.66. The van der Waals surface area contributed by atoms with Crippen molar-refractivity contribution < 1.29 is 5.11 Å². The number of hydrogen-bond acceptors (Lipinski definition) is 5. The van der Waals surface area contributed by atoms with Crippen LogP contribution in [-0.2, 0) is 0 Å². The summed E-state index contributed by atoms with van der Waals surface area (Å²) in [5.74, 6) is 0.775. The van der Waals surface area contributed by atoms with Crippen LogP contribution in [0.25, 0.3) is 0 Å². The zero-order chi connectivity index (χ0) is 13.9. The number of likely N-dealkylation sites (tertiary alicyclic amines) is 1. The highest BCUT2D eigenvalue weighted by Gasteiger charge is 2.32. The molecule has 0 unspecified atom stereocenters. The number of aliphatic hydroxyl groups excluding tert-OH is 1. The van der Waals surface area contributed by atoms with E-state index in [1.165, 1.54) is 19.3 Å². The van der Waals surface area contributed by atoms with Gasteiger partial charge in [-0.2, -0.15) is 0 Å². The Labute approximate surface area is 124 Å². The lowest BCUT2D eigenvalue weighted by molar-refractivity contribution is 0.153. The van der Waals surface area contributed by atoms with E-state index in [1.807, 2.05) is 0 Å². The van der Waals surface area contributed by atoms with Gasteiger partial charge in [0.2, 0.25) is 5.95 Å². The minimum atomic E-state index is 0.268. The average molecular weight is 297 g/mol. The van der Waals surface area contributed by atoms with Gasteiger partial charge >= 0.3 is 0 Å². The van der Waals surface area contributed by atoms with Crippen LogP contribution < -0.4 is 4.90 Å². The number of nitrogens with zero attached hydrogens (tertiary/aromatic N) is 4. The van der Waals surface area contributed by atoms with E-state index in [-0.39, 0.29) is 6.61 Å². The van der Waals surface area contributed by atoms with Crippen LogP contribution in [0.4, 0.5) is 5.95 Å². The maximum Gasteiger partial charge on any atom is 0.225 e. The van der Waals surface area contributed by atoms with Gasteiger partial charge in [-0.25, -0.2) is 9.97 Å². The number of hydrogen-bond donors (Lipinski definition) is 1. The molecule has 1 N–H and O–H groups in total. The molecule has 0 aliphatic carbocycles. The molecule has 2 fully saturated rings. The van der Waals surface area contributed by atoms with Crippen LogP contribution >= 0.6 is 11.6 Å². The van der Waals surface area contributed by atoms with E-state index in [2.05, 4.69) is 19.8 Å². The molecule has 5 nitrogen and oxygen atoms in total. The van der Waals surface area contributed by atoms with Crippen molar-refractivity contribution in [3.05, 3.63) is 17.4 Å². The van der Waals surface area contributed by atoms with E-state index < -0.39 is 0 Å². The number of halogens is 1. The quantitative estimate of drug-likeness (QED) is 0.914. The van der Waals surface area contributed by atoms with Crippen LogP contribution in [-0.4, -0.2) is 58.3 Å². The predicted molar refractivity (Wildman–Crippen MR) is 79.1 cm³/mol. The van der Waals surface area contributed by atoms with Crippen molar-refractivity contribution in [2.75, 3.05) is 31.1 Å². The fourth-order valence-corrected chi connectivity index (χ4v) is 3.45. The van der Waals surface area contributed by atoms with Gasteiger partial charge in [0.25, 0.3) is 0 Å². The third-order valence-electron chi connectivity index (χ3n) is 4.40. The zero-order valence-electron chi connectivity index (χ0n) is 11.6. The monoisotopic (exact) mass is 296 g/mol. The molecule has 20 heavy (non-hydrogen) atoms. The SMILES string of the molecule is OC[C@@H]1CCCN1C[C@H]1CCCN1c1ncc(Cl)cn1. The van der Waals surface area contributed by atoms with Gasteiger partial charge in [-0.1, -0.05) is 11.6 Å². The Balaban J connectivity index is 1.67. The fourth-order valence-electron chi connectivity index (χ4n) is 3.36. The van der Waals surface area contributed by atoms with Crippen molar-refractivity contribution in [2.24, 2.45) is 0 Å². The van der Waals surface area contributed by atoms with Gasteiger partial charge < -0.3 is 10.0 Å². The Morgan fingerprint density at radius 3 is 2.60 bits per heavy atom. The molecule has 2 aliphatic heterocycles. The summed E-state index contributed by atoms with van der Waals surface area (Å²) in [7, 11) is 0. The topological polar surface area (TPSA) is 52.5 Å². The minimum absolute atomic E-state index is 0.268. The smallest absolute Gasteiger partial charge is 0.225 e. The highest BCUT2D eigenvalue weighted by atomic mass is 35.5. The van der Waals surface area contributed by atoms with Crippen LogP contribution in [0, 0.1) is 0 Å². The molecule has 2 saturated heterocycles. The molecule has 0 amide bonds. The summed E-state index contributed by atoms with van der Waals surface area (Å²) < 4.78 is 0. The summed E-state index contributed by atoms with van der Waals surface area (Å²) in [5.41, 5.74) is 0. The van der Waals surface area contributed by atoms with Gasteiger partial charge in [-0.15, -0.1) is 0 Å². The van der Waals surface area contributed by atoms with Gasteiger partial charge in [0.15, 0.2) is 0 Å². The number of anilines is 1. The number of aromatic nitrogens is 2. The van der Waals surface area contributed by atoms with Crippen molar-refractivity contribution in [1.29, 1.82) is 0 Å². The van der Waals surface area contributed by atoms with E-state index in [0.717, 1.165) is 32.0 Å². The largest absolute Gasteiger partial charge is 0.395 e. The molecule has 6 heteroatoms. The highest BCUT2D eigenvalue weighted by molar-refractivity contribution is 6.30. The molecule has 3 heterocycles. The number of aliphatic hydroxyl groups is 1. The predicted octanol–water partition coefficient (Wildman–Crippen LogP) is 1.56. The first-order valence-electron chi connectivity index (χ1n) is 7.37. The van der Waals surface area contributed by atoms with E-state index in [9.17, 15) is 5.11 Å². The molecule has 0 bridgehead atoms. The summed E-state index contributed by atoms with van der Waals surface area (Å²) in [5, 5.41) is 10.0. The van der Waals surface area contributed by atoms with Crippen LogP contribution in [0.15, 0.2) is 12.4 Å². The van der Waals surface area contributed by atoms with Gasteiger partial charge in [0, 0.05) is 25.2 Å². The molecule has 0 radical (unpaired) electrons.